The average Bonchev–Trinajstić information content (AvgIpc) is 2.44. The van der Waals surface area contributed by atoms with Gasteiger partial charge in [0.25, 0.3) is 0 Å². The fourth-order valence-electron chi connectivity index (χ4n) is 2.36. The molecule has 1 aliphatic rings. The van der Waals surface area contributed by atoms with E-state index in [1.165, 1.54) is 12.0 Å². The second-order valence-corrected chi connectivity index (χ2v) is 4.87. The van der Waals surface area contributed by atoms with Gasteiger partial charge in [-0.15, -0.1) is 0 Å². The maximum atomic E-state index is 4.08. The maximum absolute atomic E-state index is 4.08. The Labute approximate surface area is 85.7 Å². The second-order valence-electron chi connectivity index (χ2n) is 4.87. The van der Waals surface area contributed by atoms with Gasteiger partial charge in [0.2, 0.25) is 0 Å². The van der Waals surface area contributed by atoms with Crippen molar-refractivity contribution in [3.63, 3.8) is 0 Å². The molecule has 76 valence electrons. The summed E-state index contributed by atoms with van der Waals surface area (Å²) >= 11 is 0. The van der Waals surface area contributed by atoms with E-state index in [1.807, 2.05) is 12.4 Å². The molecular formula is C12H18N2. The summed E-state index contributed by atoms with van der Waals surface area (Å²) in [5, 5.41) is 3.56. The van der Waals surface area contributed by atoms with E-state index in [0.717, 1.165) is 6.54 Å². The quantitative estimate of drug-likeness (QED) is 0.733. The first kappa shape index (κ1) is 9.66. The van der Waals surface area contributed by atoms with E-state index in [4.69, 9.17) is 0 Å². The molecule has 1 saturated heterocycles. The third kappa shape index (κ3) is 1.25. The fourth-order valence-corrected chi connectivity index (χ4v) is 2.36. The highest BCUT2D eigenvalue weighted by atomic mass is 15.0. The van der Waals surface area contributed by atoms with Crippen molar-refractivity contribution in [2.75, 3.05) is 6.54 Å². The van der Waals surface area contributed by atoms with Crippen molar-refractivity contribution in [3.8, 4) is 0 Å². The molecule has 1 fully saturated rings. The molecule has 1 aliphatic heterocycles. The minimum atomic E-state index is 0.175. The number of hydrogen-bond donors (Lipinski definition) is 1. The molecule has 0 saturated carbocycles. The Bertz CT molecular complexity index is 318. The summed E-state index contributed by atoms with van der Waals surface area (Å²) in [4.78, 5) is 4.08. The van der Waals surface area contributed by atoms with Crippen molar-refractivity contribution in [2.24, 2.45) is 0 Å². The molecule has 2 heteroatoms. The van der Waals surface area contributed by atoms with Gasteiger partial charge in [0, 0.05) is 23.3 Å². The van der Waals surface area contributed by atoms with Gasteiger partial charge in [0.05, 0.1) is 0 Å². The van der Waals surface area contributed by atoms with Gasteiger partial charge in [-0.05, 0) is 44.5 Å². The van der Waals surface area contributed by atoms with Crippen LogP contribution in [0.1, 0.15) is 32.8 Å². The summed E-state index contributed by atoms with van der Waals surface area (Å²) in [6.45, 7) is 8.00. The van der Waals surface area contributed by atoms with E-state index in [0.29, 0.717) is 0 Å². The molecule has 14 heavy (non-hydrogen) atoms. The van der Waals surface area contributed by atoms with Crippen LogP contribution >= 0.6 is 0 Å². The second kappa shape index (κ2) is 3.06. The predicted molar refractivity (Wildman–Crippen MR) is 58.3 cm³/mol. The highest BCUT2D eigenvalue weighted by molar-refractivity contribution is 5.29. The first-order chi connectivity index (χ1) is 6.56. The summed E-state index contributed by atoms with van der Waals surface area (Å²) < 4.78 is 0. The van der Waals surface area contributed by atoms with Crippen molar-refractivity contribution in [1.29, 1.82) is 0 Å². The van der Waals surface area contributed by atoms with Gasteiger partial charge in [-0.2, -0.15) is 0 Å². The first-order valence-electron chi connectivity index (χ1n) is 5.22. The van der Waals surface area contributed by atoms with Crippen molar-refractivity contribution in [1.82, 2.24) is 10.3 Å². The van der Waals surface area contributed by atoms with E-state index >= 15 is 0 Å². The molecule has 1 atom stereocenters. The average molecular weight is 190 g/mol. The molecule has 1 aromatic rings. The van der Waals surface area contributed by atoms with Crippen LogP contribution in [0.25, 0.3) is 0 Å². The number of nitrogens with zero attached hydrogens (tertiary/aromatic N) is 1. The van der Waals surface area contributed by atoms with Gasteiger partial charge >= 0.3 is 0 Å². The number of rotatable bonds is 1. The van der Waals surface area contributed by atoms with Gasteiger partial charge in [-0.1, -0.05) is 6.92 Å². The van der Waals surface area contributed by atoms with Gasteiger partial charge in [0.1, 0.15) is 0 Å². The molecule has 0 amide bonds. The first-order valence-corrected chi connectivity index (χ1v) is 5.22. The van der Waals surface area contributed by atoms with Crippen LogP contribution in [0.15, 0.2) is 24.5 Å². The summed E-state index contributed by atoms with van der Waals surface area (Å²) in [7, 11) is 0. The van der Waals surface area contributed by atoms with Crippen molar-refractivity contribution >= 4 is 0 Å². The Kier molecular flexibility index (Phi) is 2.11. The van der Waals surface area contributed by atoms with Crippen LogP contribution in [0.4, 0.5) is 0 Å². The van der Waals surface area contributed by atoms with Crippen LogP contribution < -0.4 is 5.32 Å². The molecule has 0 bridgehead atoms. The molecule has 1 N–H and O–H groups in total. The molecule has 0 spiro atoms. The van der Waals surface area contributed by atoms with E-state index in [1.54, 1.807) is 0 Å². The van der Waals surface area contributed by atoms with Crippen LogP contribution in [0.2, 0.25) is 0 Å². The lowest BCUT2D eigenvalue weighted by molar-refractivity contribution is 0.297. The molecule has 1 aromatic heterocycles. The molecule has 0 aliphatic carbocycles. The third-order valence-electron chi connectivity index (χ3n) is 3.89. The molecule has 2 rings (SSSR count). The van der Waals surface area contributed by atoms with E-state index < -0.39 is 0 Å². The highest BCUT2D eigenvalue weighted by Gasteiger charge is 2.45. The smallest absolute Gasteiger partial charge is 0.0270 e. The molecule has 2 nitrogen and oxygen atoms in total. The van der Waals surface area contributed by atoms with Crippen LogP contribution in [0.3, 0.4) is 0 Å². The predicted octanol–water partition coefficient (Wildman–Crippen LogP) is 2.11. The minimum absolute atomic E-state index is 0.175. The lowest BCUT2D eigenvalue weighted by Crippen LogP contribution is -2.47. The molecule has 0 radical (unpaired) electrons. The minimum Gasteiger partial charge on any atom is -0.311 e. The lowest BCUT2D eigenvalue weighted by atomic mass is 9.69. The zero-order valence-electron chi connectivity index (χ0n) is 9.17. The number of nitrogens with one attached hydrogen (secondary N) is 1. The van der Waals surface area contributed by atoms with Crippen LogP contribution in [-0.2, 0) is 5.41 Å². The monoisotopic (exact) mass is 190 g/mol. The highest BCUT2D eigenvalue weighted by Crippen LogP contribution is 2.41. The van der Waals surface area contributed by atoms with Crippen LogP contribution in [0, 0.1) is 0 Å². The van der Waals surface area contributed by atoms with Gasteiger partial charge < -0.3 is 5.32 Å². The normalized spacial score (nSPS) is 30.5. The number of pyridine rings is 1. The largest absolute Gasteiger partial charge is 0.311 e. The van der Waals surface area contributed by atoms with Crippen molar-refractivity contribution in [2.45, 2.75) is 38.1 Å². The van der Waals surface area contributed by atoms with Crippen molar-refractivity contribution < 1.29 is 0 Å². The molecule has 2 heterocycles. The number of aromatic nitrogens is 1. The summed E-state index contributed by atoms with van der Waals surface area (Å²) in [5.41, 5.74) is 1.80. The fraction of sp³-hybridized carbons (Fsp3) is 0.583. The summed E-state index contributed by atoms with van der Waals surface area (Å²) in [6, 6.07) is 4.27. The Morgan fingerprint density at radius 1 is 1.21 bits per heavy atom. The lowest BCUT2D eigenvalue weighted by Gasteiger charge is -2.38. The Hall–Kier alpha value is -0.890. The van der Waals surface area contributed by atoms with Crippen LogP contribution in [-0.4, -0.2) is 17.1 Å². The SMILES string of the molecule is CC1(C)NCCC1(C)c1ccncc1. The third-order valence-corrected chi connectivity index (χ3v) is 3.89. The van der Waals surface area contributed by atoms with Gasteiger partial charge in [-0.3, -0.25) is 4.98 Å². The maximum Gasteiger partial charge on any atom is 0.0270 e. The number of hydrogen-bond acceptors (Lipinski definition) is 2. The Morgan fingerprint density at radius 2 is 1.86 bits per heavy atom. The topological polar surface area (TPSA) is 24.9 Å². The van der Waals surface area contributed by atoms with Gasteiger partial charge in [0.15, 0.2) is 0 Å². The Balaban J connectivity index is 2.42. The van der Waals surface area contributed by atoms with Gasteiger partial charge in [-0.25, -0.2) is 0 Å². The van der Waals surface area contributed by atoms with E-state index in [2.05, 4.69) is 43.2 Å². The molecular weight excluding hydrogens is 172 g/mol. The zero-order valence-corrected chi connectivity index (χ0v) is 9.17. The molecule has 0 aromatic carbocycles. The summed E-state index contributed by atoms with van der Waals surface area (Å²) in [5.74, 6) is 0. The van der Waals surface area contributed by atoms with E-state index in [-0.39, 0.29) is 11.0 Å². The molecule has 1 unspecified atom stereocenters. The standard InChI is InChI=1S/C12H18N2/c1-11(2)12(3,6-9-14-11)10-4-7-13-8-5-10/h4-5,7-8,14H,6,9H2,1-3H3. The van der Waals surface area contributed by atoms with E-state index in [9.17, 15) is 0 Å². The summed E-state index contributed by atoms with van der Waals surface area (Å²) in [6.07, 6.45) is 4.97. The van der Waals surface area contributed by atoms with Crippen molar-refractivity contribution in [3.05, 3.63) is 30.1 Å². The Morgan fingerprint density at radius 3 is 2.36 bits per heavy atom. The van der Waals surface area contributed by atoms with Crippen LogP contribution in [0.5, 0.6) is 0 Å². The zero-order chi connectivity index (χ0) is 10.2.